The smallest absolute Gasteiger partial charge is 0.205 e. The molecular formula is C11H20N4S. The summed E-state index contributed by atoms with van der Waals surface area (Å²) < 4.78 is 4.39. The Kier molecular flexibility index (Phi) is 3.44. The quantitative estimate of drug-likeness (QED) is 0.857. The van der Waals surface area contributed by atoms with Gasteiger partial charge in [0.05, 0.1) is 0 Å². The second-order valence-corrected chi connectivity index (χ2v) is 5.70. The molecule has 5 heteroatoms. The molecule has 0 saturated carbocycles. The molecule has 0 bridgehead atoms. The molecule has 0 amide bonds. The highest BCUT2D eigenvalue weighted by molar-refractivity contribution is 7.09. The van der Waals surface area contributed by atoms with E-state index in [-0.39, 0.29) is 0 Å². The minimum atomic E-state index is 0.341. The summed E-state index contributed by atoms with van der Waals surface area (Å²) in [5.41, 5.74) is 6.01. The van der Waals surface area contributed by atoms with Crippen LogP contribution in [0.25, 0.3) is 0 Å². The Labute approximate surface area is 101 Å². The van der Waals surface area contributed by atoms with Crippen LogP contribution in [0.15, 0.2) is 0 Å². The van der Waals surface area contributed by atoms with Crippen LogP contribution in [-0.2, 0) is 0 Å². The van der Waals surface area contributed by atoms with E-state index in [0.717, 1.165) is 30.5 Å². The van der Waals surface area contributed by atoms with Crippen LogP contribution < -0.4 is 10.6 Å². The van der Waals surface area contributed by atoms with E-state index in [2.05, 4.69) is 35.0 Å². The number of aromatic nitrogens is 2. The van der Waals surface area contributed by atoms with Crippen LogP contribution in [0.1, 0.15) is 38.9 Å². The van der Waals surface area contributed by atoms with Crippen LogP contribution in [0.5, 0.6) is 0 Å². The van der Waals surface area contributed by atoms with Gasteiger partial charge in [0.25, 0.3) is 0 Å². The second kappa shape index (κ2) is 4.67. The topological polar surface area (TPSA) is 55.0 Å². The lowest BCUT2D eigenvalue weighted by Crippen LogP contribution is -2.45. The third kappa shape index (κ3) is 2.35. The summed E-state index contributed by atoms with van der Waals surface area (Å²) in [6, 6.07) is 0.341. The van der Waals surface area contributed by atoms with Gasteiger partial charge in [-0.05, 0) is 12.3 Å². The van der Waals surface area contributed by atoms with Gasteiger partial charge in [-0.2, -0.15) is 4.37 Å². The Hall–Kier alpha value is -0.680. The molecule has 1 aromatic rings. The number of hydrogen-bond acceptors (Lipinski definition) is 5. The van der Waals surface area contributed by atoms with E-state index >= 15 is 0 Å². The van der Waals surface area contributed by atoms with Gasteiger partial charge in [-0.3, -0.25) is 0 Å². The van der Waals surface area contributed by atoms with Gasteiger partial charge in [-0.1, -0.05) is 20.8 Å². The molecule has 1 saturated heterocycles. The molecule has 1 aliphatic heterocycles. The van der Waals surface area contributed by atoms with Crippen molar-refractivity contribution in [3.8, 4) is 0 Å². The maximum Gasteiger partial charge on any atom is 0.205 e. The summed E-state index contributed by atoms with van der Waals surface area (Å²) in [5, 5.41) is 1.06. The number of nitrogens with zero attached hydrogens (tertiary/aromatic N) is 3. The van der Waals surface area contributed by atoms with Gasteiger partial charge in [-0.15, -0.1) is 0 Å². The zero-order valence-electron chi connectivity index (χ0n) is 10.2. The van der Waals surface area contributed by atoms with E-state index in [0.29, 0.717) is 17.9 Å². The Morgan fingerprint density at radius 2 is 2.25 bits per heavy atom. The van der Waals surface area contributed by atoms with Gasteiger partial charge in [0, 0.05) is 36.6 Å². The van der Waals surface area contributed by atoms with Gasteiger partial charge < -0.3 is 10.6 Å². The van der Waals surface area contributed by atoms with Crippen LogP contribution >= 0.6 is 11.5 Å². The van der Waals surface area contributed by atoms with Crippen molar-refractivity contribution in [3.63, 3.8) is 0 Å². The molecular weight excluding hydrogens is 220 g/mol. The zero-order chi connectivity index (χ0) is 11.7. The molecule has 0 spiro atoms. The van der Waals surface area contributed by atoms with Gasteiger partial charge in [0.15, 0.2) is 0 Å². The predicted octanol–water partition coefficient (Wildman–Crippen LogP) is 1.84. The minimum Gasteiger partial charge on any atom is -0.346 e. The van der Waals surface area contributed by atoms with Crippen LogP contribution in [0.4, 0.5) is 5.13 Å². The fraction of sp³-hybridized carbons (Fsp3) is 0.818. The highest BCUT2D eigenvalue weighted by atomic mass is 32.1. The van der Waals surface area contributed by atoms with Crippen LogP contribution in [-0.4, -0.2) is 28.5 Å². The lowest BCUT2D eigenvalue weighted by atomic mass is 9.95. The summed E-state index contributed by atoms with van der Waals surface area (Å²) >= 11 is 1.51. The highest BCUT2D eigenvalue weighted by Gasteiger charge is 2.25. The van der Waals surface area contributed by atoms with Crippen molar-refractivity contribution in [2.75, 3.05) is 18.0 Å². The monoisotopic (exact) mass is 240 g/mol. The Balaban J connectivity index is 2.07. The first-order valence-corrected chi connectivity index (χ1v) is 6.69. The highest BCUT2D eigenvalue weighted by Crippen LogP contribution is 2.25. The van der Waals surface area contributed by atoms with Gasteiger partial charge in [-0.25, -0.2) is 4.98 Å². The maximum atomic E-state index is 6.01. The number of piperidine rings is 1. The van der Waals surface area contributed by atoms with Crippen molar-refractivity contribution in [3.05, 3.63) is 5.82 Å². The van der Waals surface area contributed by atoms with Gasteiger partial charge in [0.2, 0.25) is 5.13 Å². The molecule has 1 fully saturated rings. The first-order chi connectivity index (χ1) is 7.58. The Morgan fingerprint density at radius 3 is 2.81 bits per heavy atom. The first-order valence-electron chi connectivity index (χ1n) is 5.92. The van der Waals surface area contributed by atoms with E-state index in [1.807, 2.05) is 0 Å². The average Bonchev–Trinajstić information content (AvgIpc) is 2.71. The Morgan fingerprint density at radius 1 is 1.50 bits per heavy atom. The molecule has 4 nitrogen and oxygen atoms in total. The summed E-state index contributed by atoms with van der Waals surface area (Å²) in [4.78, 5) is 6.90. The molecule has 2 N–H and O–H groups in total. The third-order valence-electron chi connectivity index (χ3n) is 3.19. The standard InChI is InChI=1S/C11H20N4S/c1-7(2)10-13-11(16-14-10)15-5-4-9(12)8(3)6-15/h7-9H,4-6,12H2,1-3H3. The summed E-state index contributed by atoms with van der Waals surface area (Å²) in [5.74, 6) is 1.91. The molecule has 90 valence electrons. The van der Waals surface area contributed by atoms with Crippen molar-refractivity contribution in [2.24, 2.45) is 11.7 Å². The maximum absolute atomic E-state index is 6.01. The fourth-order valence-corrected chi connectivity index (χ4v) is 2.77. The molecule has 0 aliphatic carbocycles. The Bertz CT molecular complexity index is 350. The summed E-state index contributed by atoms with van der Waals surface area (Å²) in [6.07, 6.45) is 1.05. The second-order valence-electron chi connectivity index (χ2n) is 4.97. The van der Waals surface area contributed by atoms with Crippen molar-refractivity contribution >= 4 is 16.7 Å². The van der Waals surface area contributed by atoms with Crippen LogP contribution in [0.2, 0.25) is 0 Å². The van der Waals surface area contributed by atoms with E-state index < -0.39 is 0 Å². The molecule has 0 aromatic carbocycles. The minimum absolute atomic E-state index is 0.341. The largest absolute Gasteiger partial charge is 0.346 e. The molecule has 0 radical (unpaired) electrons. The molecule has 1 aromatic heterocycles. The number of hydrogen-bond donors (Lipinski definition) is 1. The molecule has 16 heavy (non-hydrogen) atoms. The van der Waals surface area contributed by atoms with Gasteiger partial charge >= 0.3 is 0 Å². The van der Waals surface area contributed by atoms with E-state index in [4.69, 9.17) is 5.73 Å². The SMILES string of the molecule is CC(C)c1nsc(N2CCC(N)C(C)C2)n1. The third-order valence-corrected chi connectivity index (χ3v) is 3.98. The number of rotatable bonds is 2. The van der Waals surface area contributed by atoms with Crippen LogP contribution in [0.3, 0.4) is 0 Å². The fourth-order valence-electron chi connectivity index (χ4n) is 1.93. The summed E-state index contributed by atoms with van der Waals surface area (Å²) in [6.45, 7) is 8.48. The van der Waals surface area contributed by atoms with Crippen molar-refractivity contribution < 1.29 is 0 Å². The molecule has 2 unspecified atom stereocenters. The molecule has 2 heterocycles. The number of nitrogens with two attached hydrogens (primary N) is 1. The van der Waals surface area contributed by atoms with E-state index in [9.17, 15) is 0 Å². The van der Waals surface area contributed by atoms with Crippen molar-refractivity contribution in [1.29, 1.82) is 0 Å². The van der Waals surface area contributed by atoms with Crippen molar-refractivity contribution in [1.82, 2.24) is 9.36 Å². The predicted molar refractivity (Wildman–Crippen MR) is 68.0 cm³/mol. The lowest BCUT2D eigenvalue weighted by Gasteiger charge is -2.34. The van der Waals surface area contributed by atoms with E-state index in [1.54, 1.807) is 0 Å². The lowest BCUT2D eigenvalue weighted by molar-refractivity contribution is 0.382. The average molecular weight is 240 g/mol. The molecule has 2 rings (SSSR count). The number of anilines is 1. The normalized spacial score (nSPS) is 26.4. The van der Waals surface area contributed by atoms with E-state index in [1.165, 1.54) is 11.5 Å². The zero-order valence-corrected chi connectivity index (χ0v) is 11.0. The first kappa shape index (κ1) is 11.8. The van der Waals surface area contributed by atoms with Gasteiger partial charge in [0.1, 0.15) is 5.82 Å². The summed E-state index contributed by atoms with van der Waals surface area (Å²) in [7, 11) is 0. The molecule has 2 atom stereocenters. The van der Waals surface area contributed by atoms with Crippen molar-refractivity contribution in [2.45, 2.75) is 39.2 Å². The van der Waals surface area contributed by atoms with Crippen LogP contribution in [0, 0.1) is 5.92 Å². The molecule has 1 aliphatic rings.